The van der Waals surface area contributed by atoms with E-state index in [1.165, 1.54) is 6.07 Å². The van der Waals surface area contributed by atoms with Crippen molar-refractivity contribution >= 4 is 28.9 Å². The van der Waals surface area contributed by atoms with Crippen LogP contribution in [-0.4, -0.2) is 17.0 Å². The molecule has 1 rings (SSSR count). The summed E-state index contributed by atoms with van der Waals surface area (Å²) in [6.07, 6.45) is -3.64. The molecule has 0 heterocycles. The van der Waals surface area contributed by atoms with Crippen molar-refractivity contribution in [2.45, 2.75) is 19.0 Å². The first-order valence-corrected chi connectivity index (χ1v) is 5.71. The standard InChI is InChI=1S/C7H7F3N2.C4H7ClO2/c8-7(9,10)4-1-5(11)3-6(12)2-4;5-3-1-2-4(6)7/h1-3H,11-12H2;1-3H2,(H,6,7). The van der Waals surface area contributed by atoms with Crippen molar-refractivity contribution < 1.29 is 23.1 Å². The summed E-state index contributed by atoms with van der Waals surface area (Å²) in [5, 5.41) is 7.99. The lowest BCUT2D eigenvalue weighted by atomic mass is 10.2. The summed E-state index contributed by atoms with van der Waals surface area (Å²) in [5.41, 5.74) is 9.56. The first-order chi connectivity index (χ1) is 8.66. The van der Waals surface area contributed by atoms with Crippen LogP contribution in [0.2, 0.25) is 0 Å². The fourth-order valence-electron chi connectivity index (χ4n) is 1.06. The third kappa shape index (κ3) is 8.15. The number of nitrogen functional groups attached to an aromatic ring is 2. The first kappa shape index (κ1) is 17.4. The molecule has 8 heteroatoms. The molecule has 0 saturated heterocycles. The van der Waals surface area contributed by atoms with Gasteiger partial charge in [0.2, 0.25) is 0 Å². The van der Waals surface area contributed by atoms with Gasteiger partial charge >= 0.3 is 12.1 Å². The molecular formula is C11H14ClF3N2O2. The van der Waals surface area contributed by atoms with Gasteiger partial charge in [-0.15, -0.1) is 11.6 Å². The summed E-state index contributed by atoms with van der Waals surface area (Å²) >= 11 is 5.18. The largest absolute Gasteiger partial charge is 0.481 e. The molecule has 1 aromatic rings. The zero-order chi connectivity index (χ0) is 15.1. The van der Waals surface area contributed by atoms with Gasteiger partial charge in [-0.2, -0.15) is 13.2 Å². The molecule has 108 valence electrons. The predicted octanol–water partition coefficient (Wildman–Crippen LogP) is 2.96. The highest BCUT2D eigenvalue weighted by Crippen LogP contribution is 2.31. The van der Waals surface area contributed by atoms with Gasteiger partial charge in [0.15, 0.2) is 0 Å². The summed E-state index contributed by atoms with van der Waals surface area (Å²) in [7, 11) is 0. The van der Waals surface area contributed by atoms with Gasteiger partial charge in [-0.1, -0.05) is 0 Å². The van der Waals surface area contributed by atoms with Crippen LogP contribution in [0.5, 0.6) is 0 Å². The van der Waals surface area contributed by atoms with E-state index in [2.05, 4.69) is 0 Å². The lowest BCUT2D eigenvalue weighted by Gasteiger charge is -2.07. The zero-order valence-electron chi connectivity index (χ0n) is 9.88. The lowest BCUT2D eigenvalue weighted by molar-refractivity contribution is -0.138. The number of carbonyl (C=O) groups is 1. The molecule has 0 aliphatic heterocycles. The van der Waals surface area contributed by atoms with Crippen molar-refractivity contribution in [2.24, 2.45) is 0 Å². The number of aliphatic carboxylic acids is 1. The number of hydrogen-bond donors (Lipinski definition) is 3. The number of nitrogens with two attached hydrogens (primary N) is 2. The maximum atomic E-state index is 12.0. The van der Waals surface area contributed by atoms with E-state index < -0.39 is 17.7 Å². The molecule has 0 atom stereocenters. The van der Waals surface area contributed by atoms with Crippen LogP contribution in [-0.2, 0) is 11.0 Å². The predicted molar refractivity (Wildman–Crippen MR) is 67.9 cm³/mol. The SMILES string of the molecule is Nc1cc(N)cc(C(F)(F)F)c1.O=C(O)CCCCl. The number of rotatable bonds is 3. The van der Waals surface area contributed by atoms with E-state index in [1.54, 1.807) is 0 Å². The van der Waals surface area contributed by atoms with E-state index in [4.69, 9.17) is 28.2 Å². The Balaban J connectivity index is 0.000000399. The van der Waals surface area contributed by atoms with Crippen molar-refractivity contribution in [1.82, 2.24) is 0 Å². The third-order valence-electron chi connectivity index (χ3n) is 1.83. The van der Waals surface area contributed by atoms with Crippen LogP contribution in [0.3, 0.4) is 0 Å². The van der Waals surface area contributed by atoms with Crippen LogP contribution in [0.1, 0.15) is 18.4 Å². The third-order valence-corrected chi connectivity index (χ3v) is 2.10. The minimum absolute atomic E-state index is 0.0160. The Bertz CT molecular complexity index is 405. The summed E-state index contributed by atoms with van der Waals surface area (Å²) < 4.78 is 36.1. The minimum Gasteiger partial charge on any atom is -0.481 e. The highest BCUT2D eigenvalue weighted by molar-refractivity contribution is 6.17. The molecule has 5 N–H and O–H groups in total. The molecule has 0 saturated carbocycles. The molecule has 1 aromatic carbocycles. The average molecular weight is 299 g/mol. The number of carboxylic acids is 1. The van der Waals surface area contributed by atoms with Crippen LogP contribution in [0, 0.1) is 0 Å². The van der Waals surface area contributed by atoms with Gasteiger partial charge in [0.25, 0.3) is 0 Å². The Hall–Kier alpha value is -1.63. The molecule has 0 aliphatic carbocycles. The number of hydrogen-bond acceptors (Lipinski definition) is 3. The topological polar surface area (TPSA) is 89.3 Å². The smallest absolute Gasteiger partial charge is 0.416 e. The van der Waals surface area contributed by atoms with Gasteiger partial charge in [-0.05, 0) is 24.6 Å². The molecule has 0 amide bonds. The molecule has 0 aromatic heterocycles. The van der Waals surface area contributed by atoms with Crippen molar-refractivity contribution in [1.29, 1.82) is 0 Å². The second-order valence-corrected chi connectivity index (χ2v) is 3.95. The van der Waals surface area contributed by atoms with Crippen LogP contribution in [0.15, 0.2) is 18.2 Å². The van der Waals surface area contributed by atoms with Crippen molar-refractivity contribution in [3.05, 3.63) is 23.8 Å². The molecule has 0 radical (unpaired) electrons. The van der Waals surface area contributed by atoms with Gasteiger partial charge in [0.05, 0.1) is 5.56 Å². The molecule has 19 heavy (non-hydrogen) atoms. The Morgan fingerprint density at radius 1 is 1.21 bits per heavy atom. The van der Waals surface area contributed by atoms with E-state index in [0.29, 0.717) is 12.3 Å². The Morgan fingerprint density at radius 3 is 1.95 bits per heavy atom. The maximum Gasteiger partial charge on any atom is 0.416 e. The van der Waals surface area contributed by atoms with Crippen LogP contribution >= 0.6 is 11.6 Å². The second kappa shape index (κ2) is 7.73. The Kier molecular flexibility index (Phi) is 7.06. The van der Waals surface area contributed by atoms with E-state index >= 15 is 0 Å². The van der Waals surface area contributed by atoms with Crippen LogP contribution in [0.4, 0.5) is 24.5 Å². The van der Waals surface area contributed by atoms with E-state index in [-0.39, 0.29) is 17.8 Å². The maximum absolute atomic E-state index is 12.0. The van der Waals surface area contributed by atoms with Crippen molar-refractivity contribution in [3.63, 3.8) is 0 Å². The van der Waals surface area contributed by atoms with Crippen molar-refractivity contribution in [3.8, 4) is 0 Å². The van der Waals surface area contributed by atoms with Gasteiger partial charge < -0.3 is 16.6 Å². The van der Waals surface area contributed by atoms with Crippen LogP contribution in [0.25, 0.3) is 0 Å². The monoisotopic (exact) mass is 298 g/mol. The average Bonchev–Trinajstić information content (AvgIpc) is 2.24. The number of anilines is 2. The molecule has 0 bridgehead atoms. The fraction of sp³-hybridized carbons (Fsp3) is 0.364. The summed E-state index contributed by atoms with van der Waals surface area (Å²) in [4.78, 5) is 9.70. The normalized spacial score (nSPS) is 10.5. The van der Waals surface area contributed by atoms with Gasteiger partial charge in [-0.3, -0.25) is 4.79 Å². The van der Waals surface area contributed by atoms with Crippen LogP contribution < -0.4 is 11.5 Å². The summed E-state index contributed by atoms with van der Waals surface area (Å²) in [6, 6.07) is 2.96. The second-order valence-electron chi connectivity index (χ2n) is 3.57. The van der Waals surface area contributed by atoms with E-state index in [0.717, 1.165) is 12.1 Å². The summed E-state index contributed by atoms with van der Waals surface area (Å²) in [5.74, 6) is -0.340. The number of halogens is 4. The first-order valence-electron chi connectivity index (χ1n) is 5.17. The Labute approximate surface area is 113 Å². The molecule has 0 fully saturated rings. The molecule has 4 nitrogen and oxygen atoms in total. The highest BCUT2D eigenvalue weighted by atomic mass is 35.5. The summed E-state index contributed by atoms with van der Waals surface area (Å²) in [6.45, 7) is 0. The van der Waals surface area contributed by atoms with Gasteiger partial charge in [0, 0.05) is 23.7 Å². The highest BCUT2D eigenvalue weighted by Gasteiger charge is 2.30. The van der Waals surface area contributed by atoms with Crippen molar-refractivity contribution in [2.75, 3.05) is 17.3 Å². The van der Waals surface area contributed by atoms with Gasteiger partial charge in [-0.25, -0.2) is 0 Å². The lowest BCUT2D eigenvalue weighted by Crippen LogP contribution is -2.06. The van der Waals surface area contributed by atoms with Gasteiger partial charge in [0.1, 0.15) is 0 Å². The zero-order valence-corrected chi connectivity index (χ0v) is 10.6. The molecular weight excluding hydrogens is 285 g/mol. The molecule has 0 aliphatic rings. The quantitative estimate of drug-likeness (QED) is 0.591. The van der Waals surface area contributed by atoms with E-state index in [1.807, 2.05) is 0 Å². The molecule has 0 unspecified atom stereocenters. The molecule has 0 spiro atoms. The minimum atomic E-state index is -4.39. The van der Waals surface area contributed by atoms with E-state index in [9.17, 15) is 18.0 Å². The number of alkyl halides is 4. The number of benzene rings is 1. The fourth-order valence-corrected chi connectivity index (χ4v) is 1.19. The Morgan fingerprint density at radius 2 is 1.68 bits per heavy atom. The number of carboxylic acid groups (broad SMARTS) is 1.